The van der Waals surface area contributed by atoms with E-state index in [0.29, 0.717) is 108 Å². The van der Waals surface area contributed by atoms with Crippen LogP contribution < -0.4 is 30.7 Å². The van der Waals surface area contributed by atoms with Crippen LogP contribution in [-0.4, -0.2) is 273 Å². The molecule has 2 saturated carbocycles. The number of fused-ring (bicyclic) bond motifs is 3. The van der Waals surface area contributed by atoms with Crippen molar-refractivity contribution in [3.63, 3.8) is 0 Å². The molecular weight excluding hydrogens is 1270 g/mol. The first-order chi connectivity index (χ1) is 44.8. The zero-order chi connectivity index (χ0) is 65.4. The fourth-order valence-corrected chi connectivity index (χ4v) is 14.8. The van der Waals surface area contributed by atoms with Crippen LogP contribution in [0.15, 0.2) is 74.4 Å². The number of piperazine rings is 3. The van der Waals surface area contributed by atoms with E-state index < -0.39 is 0 Å². The van der Waals surface area contributed by atoms with E-state index in [-0.39, 0.29) is 73.4 Å². The Morgan fingerprint density at radius 1 is 0.409 bits per heavy atom. The predicted molar refractivity (Wildman–Crippen MR) is 362 cm³/mol. The molecule has 0 unspecified atom stereocenters. The van der Waals surface area contributed by atoms with Gasteiger partial charge >= 0.3 is 0 Å². The molecule has 9 aliphatic heterocycles. The number of rotatable bonds is 14. The van der Waals surface area contributed by atoms with Gasteiger partial charge in [-0.2, -0.15) is 0 Å². The summed E-state index contributed by atoms with van der Waals surface area (Å²) >= 11 is 25.1. The maximum atomic E-state index is 13.1. The number of amides is 8. The Bertz CT molecular complexity index is 3460. The van der Waals surface area contributed by atoms with Gasteiger partial charge in [-0.05, 0) is 103 Å². The second-order valence-electron chi connectivity index (χ2n) is 25.8. The van der Waals surface area contributed by atoms with E-state index in [4.69, 9.17) is 46.4 Å². The summed E-state index contributed by atoms with van der Waals surface area (Å²) in [6, 6.07) is 12.5. The van der Waals surface area contributed by atoms with E-state index in [2.05, 4.69) is 61.4 Å². The molecule has 3 N–H and O–H groups in total. The van der Waals surface area contributed by atoms with Crippen LogP contribution in [0.5, 0.6) is 0 Å². The van der Waals surface area contributed by atoms with E-state index in [1.54, 1.807) is 26.8 Å². The molecule has 8 amide bonds. The minimum absolute atomic E-state index is 0.00694. The summed E-state index contributed by atoms with van der Waals surface area (Å²) in [5.74, 6) is 0.883. The van der Waals surface area contributed by atoms with Gasteiger partial charge in [-0.15, -0.1) is 0 Å². The fourth-order valence-electron chi connectivity index (χ4n) is 13.8. The average Bonchev–Trinajstić information content (AvgIpc) is 1.77. The molecule has 0 aromatic heterocycles. The van der Waals surface area contributed by atoms with Crippen molar-refractivity contribution < 1.29 is 38.4 Å². The van der Waals surface area contributed by atoms with Gasteiger partial charge < -0.3 is 60.0 Å². The van der Waals surface area contributed by atoms with Crippen molar-refractivity contribution in [1.82, 2.24) is 44.1 Å². The molecule has 2 aliphatic carbocycles. The molecule has 14 rings (SSSR count). The molecule has 11 aliphatic rings. The lowest BCUT2D eigenvalue weighted by molar-refractivity contribution is -0.137. The van der Waals surface area contributed by atoms with Crippen molar-refractivity contribution in [1.29, 1.82) is 0 Å². The maximum absolute atomic E-state index is 13.1. The number of nitrogens with one attached hydrogen (secondary N) is 3. The molecule has 496 valence electrons. The van der Waals surface area contributed by atoms with Crippen molar-refractivity contribution >= 4 is 128 Å². The molecule has 0 bridgehead atoms. The van der Waals surface area contributed by atoms with Crippen LogP contribution in [0.3, 0.4) is 0 Å². The lowest BCUT2D eigenvalue weighted by Gasteiger charge is -2.48. The number of halogens is 4. The SMILES string of the molecule is C=CC(=O)N1CC(N2CCN(C(=O)CN3CC(=O)Nc4cc(Cl)c(C5CC5)cc43)CC2)C1.C=CC(=O)N1CC(N2CCN(C(=O)CN3CC(=O)Nc4cc(Cl)c(Cl)cc43)CC2)C1.C=CC(=O)N1CC(N2CCN(C(=O)CN3CCNc4cc(Cl)c(C5CC5)cc43)CC2)C1. The predicted octanol–water partition coefficient (Wildman–Crippen LogP) is 4.80. The van der Waals surface area contributed by atoms with Crippen molar-refractivity contribution in [2.24, 2.45) is 0 Å². The highest BCUT2D eigenvalue weighted by molar-refractivity contribution is 6.42. The Morgan fingerprint density at radius 2 is 0.731 bits per heavy atom. The third-order valence-electron chi connectivity index (χ3n) is 19.8. The number of anilines is 6. The van der Waals surface area contributed by atoms with Crippen LogP contribution in [0, 0.1) is 0 Å². The van der Waals surface area contributed by atoms with Crippen LogP contribution >= 0.6 is 46.4 Å². The summed E-state index contributed by atoms with van der Waals surface area (Å²) in [7, 11) is 0. The Morgan fingerprint density at radius 3 is 1.10 bits per heavy atom. The smallest absolute Gasteiger partial charge is 0.246 e. The Balaban J connectivity index is 0.000000134. The van der Waals surface area contributed by atoms with E-state index in [1.807, 2.05) is 42.7 Å². The van der Waals surface area contributed by atoms with Gasteiger partial charge in [-0.3, -0.25) is 53.1 Å². The van der Waals surface area contributed by atoms with Crippen LogP contribution in [0.2, 0.25) is 20.1 Å². The standard InChI is InChI=1S/C23H28ClN5O3.C23H30ClN5O2.C20H23Cl2N5O3/c1-2-22(31)29-11-16(12-29)26-5-7-27(8-6-26)23(32)14-28-13-21(30)25-19-10-18(24)17(9-20(19)28)15-3-4-15;1-2-22(30)29-13-17(14-29)26-7-9-27(10-8-26)23(31)15-28-6-5-25-20-12-19(24)18(11-21(20)28)16-3-4-16;1-2-19(29)27-9-13(10-27)24-3-5-25(6-4-24)20(30)12-26-11-18(28)23-16-7-14(21)15(22)8-17(16)26/h2,9-10,15-16H,1,3-8,11-14H2,(H,25,30);2,11-12,16-17,25H,1,3-10,13-15H2;2,7-8,13H,1,3-6,9-12H2,(H,23,28). The Kier molecular flexibility index (Phi) is 20.2. The van der Waals surface area contributed by atoms with Gasteiger partial charge in [0.1, 0.15) is 0 Å². The average molecular weight is 1350 g/mol. The molecule has 27 heteroatoms. The summed E-state index contributed by atoms with van der Waals surface area (Å²) in [6.45, 7) is 26.5. The molecule has 6 saturated heterocycles. The summed E-state index contributed by atoms with van der Waals surface area (Å²) < 4.78 is 0. The quantitative estimate of drug-likeness (QED) is 0.185. The molecule has 23 nitrogen and oxygen atoms in total. The number of benzene rings is 3. The van der Waals surface area contributed by atoms with Gasteiger partial charge in [-0.1, -0.05) is 66.1 Å². The number of carbonyl (C=O) groups excluding carboxylic acids is 8. The molecular formula is C66H81Cl4N15O8. The van der Waals surface area contributed by atoms with Gasteiger partial charge in [0.15, 0.2) is 0 Å². The van der Waals surface area contributed by atoms with Crippen molar-refractivity contribution in [2.75, 3.05) is 194 Å². The van der Waals surface area contributed by atoms with Gasteiger partial charge in [0.25, 0.3) is 0 Å². The fraction of sp³-hybridized carbons (Fsp3) is 0.515. The normalized spacial score (nSPS) is 21.1. The number of nitrogens with zero attached hydrogens (tertiary/aromatic N) is 12. The van der Waals surface area contributed by atoms with E-state index >= 15 is 0 Å². The van der Waals surface area contributed by atoms with Crippen LogP contribution in [-0.2, 0) is 38.4 Å². The van der Waals surface area contributed by atoms with E-state index in [0.717, 1.165) is 132 Å². The number of hydrogen-bond acceptors (Lipinski definition) is 15. The minimum Gasteiger partial charge on any atom is -0.382 e. The molecule has 3 aromatic carbocycles. The third-order valence-corrected chi connectivity index (χ3v) is 21.2. The first-order valence-corrected chi connectivity index (χ1v) is 33.9. The Hall–Kier alpha value is -7.12. The van der Waals surface area contributed by atoms with Crippen molar-refractivity contribution in [3.05, 3.63) is 106 Å². The third kappa shape index (κ3) is 15.0. The minimum atomic E-state index is -0.192. The zero-order valence-electron chi connectivity index (χ0n) is 52.4. The van der Waals surface area contributed by atoms with Crippen LogP contribution in [0.1, 0.15) is 48.6 Å². The molecule has 3 aromatic rings. The van der Waals surface area contributed by atoms with E-state index in [9.17, 15) is 38.4 Å². The monoisotopic (exact) mass is 1350 g/mol. The zero-order valence-corrected chi connectivity index (χ0v) is 55.4. The number of hydrogen-bond donors (Lipinski definition) is 3. The molecule has 9 heterocycles. The first kappa shape index (κ1) is 65.9. The highest BCUT2D eigenvalue weighted by Gasteiger charge is 2.41. The summed E-state index contributed by atoms with van der Waals surface area (Å²) in [4.78, 5) is 122. The number of likely N-dealkylation sites (tertiary alicyclic amines) is 3. The van der Waals surface area contributed by atoms with Gasteiger partial charge in [-0.25, -0.2) is 0 Å². The lowest BCUT2D eigenvalue weighted by Crippen LogP contribution is -2.64. The summed E-state index contributed by atoms with van der Waals surface area (Å²) in [5, 5.41) is 11.3. The molecule has 0 atom stereocenters. The topological polar surface area (TPSA) is 212 Å². The second-order valence-corrected chi connectivity index (χ2v) is 27.5. The molecule has 8 fully saturated rings. The van der Waals surface area contributed by atoms with Gasteiger partial charge in [0.05, 0.1) is 76.9 Å². The largest absolute Gasteiger partial charge is 0.382 e. The van der Waals surface area contributed by atoms with Crippen LogP contribution in [0.25, 0.3) is 0 Å². The Labute approximate surface area is 562 Å². The first-order valence-electron chi connectivity index (χ1n) is 32.4. The highest BCUT2D eigenvalue weighted by atomic mass is 35.5. The number of carbonyl (C=O) groups is 8. The van der Waals surface area contributed by atoms with Crippen molar-refractivity contribution in [3.8, 4) is 0 Å². The summed E-state index contributed by atoms with van der Waals surface area (Å²) in [6.07, 6.45) is 8.75. The van der Waals surface area contributed by atoms with Gasteiger partial charge in [0.2, 0.25) is 47.3 Å². The summed E-state index contributed by atoms with van der Waals surface area (Å²) in [5.41, 5.74) is 7.27. The van der Waals surface area contributed by atoms with Gasteiger partial charge in [0, 0.05) is 159 Å². The van der Waals surface area contributed by atoms with Crippen molar-refractivity contribution in [2.45, 2.75) is 55.6 Å². The van der Waals surface area contributed by atoms with E-state index in [1.165, 1.54) is 36.6 Å². The molecule has 93 heavy (non-hydrogen) atoms. The highest BCUT2D eigenvalue weighted by Crippen LogP contribution is 2.48. The second kappa shape index (κ2) is 28.5. The molecule has 0 spiro atoms. The van der Waals surface area contributed by atoms with Crippen LogP contribution in [0.4, 0.5) is 34.1 Å². The lowest BCUT2D eigenvalue weighted by atomic mass is 10.1. The molecule has 0 radical (unpaired) electrons. The maximum Gasteiger partial charge on any atom is 0.246 e.